The van der Waals surface area contributed by atoms with Crippen LogP contribution in [0.4, 0.5) is 4.79 Å². The van der Waals surface area contributed by atoms with Gasteiger partial charge in [0.15, 0.2) is 0 Å². The van der Waals surface area contributed by atoms with Crippen LogP contribution in [0.15, 0.2) is 65.7 Å². The van der Waals surface area contributed by atoms with E-state index in [9.17, 15) is 4.79 Å². The number of amidine groups is 1. The fourth-order valence-corrected chi connectivity index (χ4v) is 2.58. The Hall–Kier alpha value is -2.62. The molecule has 0 bridgehead atoms. The number of nitrogens with one attached hydrogen (secondary N) is 1. The van der Waals surface area contributed by atoms with Gasteiger partial charge in [0.1, 0.15) is 5.84 Å². The van der Waals surface area contributed by atoms with Gasteiger partial charge < -0.3 is 11.1 Å². The lowest BCUT2D eigenvalue weighted by molar-refractivity contribution is 0.250. The fraction of sp³-hybridized carbons (Fsp3) is 0.125. The highest BCUT2D eigenvalue weighted by Gasteiger charge is 2.33. The zero-order valence-electron chi connectivity index (χ0n) is 10.9. The first-order valence-corrected chi connectivity index (χ1v) is 6.50. The van der Waals surface area contributed by atoms with Crippen LogP contribution < -0.4 is 11.1 Å². The lowest BCUT2D eigenvalue weighted by atomic mass is 9.85. The lowest BCUT2D eigenvalue weighted by Crippen LogP contribution is -2.41. The zero-order chi connectivity index (χ0) is 13.9. The van der Waals surface area contributed by atoms with Crippen molar-refractivity contribution in [3.8, 4) is 0 Å². The van der Waals surface area contributed by atoms with Gasteiger partial charge in [-0.2, -0.15) is 4.99 Å². The van der Waals surface area contributed by atoms with Crippen molar-refractivity contribution in [1.82, 2.24) is 5.32 Å². The van der Waals surface area contributed by atoms with E-state index >= 15 is 0 Å². The smallest absolute Gasteiger partial charge is 0.343 e. The van der Waals surface area contributed by atoms with Crippen molar-refractivity contribution >= 4 is 11.9 Å². The van der Waals surface area contributed by atoms with Crippen LogP contribution in [0.25, 0.3) is 0 Å². The number of benzene rings is 2. The predicted molar refractivity (Wildman–Crippen MR) is 78.7 cm³/mol. The summed E-state index contributed by atoms with van der Waals surface area (Å²) < 4.78 is 0. The molecule has 0 saturated heterocycles. The number of rotatable bonds is 3. The summed E-state index contributed by atoms with van der Waals surface area (Å²) in [6, 6.07) is 19.3. The average Bonchev–Trinajstić information content (AvgIpc) is 2.80. The van der Waals surface area contributed by atoms with Crippen LogP contribution in [0, 0.1) is 0 Å². The molecule has 2 aromatic rings. The Kier molecular flexibility index (Phi) is 3.21. The Morgan fingerprint density at radius 1 is 0.950 bits per heavy atom. The Morgan fingerprint density at radius 3 is 1.85 bits per heavy atom. The van der Waals surface area contributed by atoms with Gasteiger partial charge in [-0.05, 0) is 11.1 Å². The molecule has 2 amide bonds. The van der Waals surface area contributed by atoms with E-state index < -0.39 is 0 Å². The molecule has 4 nitrogen and oxygen atoms in total. The van der Waals surface area contributed by atoms with E-state index in [0.717, 1.165) is 11.1 Å². The largest absolute Gasteiger partial charge is 0.385 e. The van der Waals surface area contributed by atoms with Crippen LogP contribution in [0.1, 0.15) is 17.0 Å². The topological polar surface area (TPSA) is 67.5 Å². The molecule has 4 heteroatoms. The molecule has 1 heterocycles. The zero-order valence-corrected chi connectivity index (χ0v) is 10.9. The number of hydrogen-bond acceptors (Lipinski definition) is 2. The van der Waals surface area contributed by atoms with Gasteiger partial charge >= 0.3 is 6.03 Å². The molecule has 2 aromatic carbocycles. The minimum absolute atomic E-state index is 0.0346. The van der Waals surface area contributed by atoms with E-state index in [4.69, 9.17) is 5.73 Å². The third kappa shape index (κ3) is 2.28. The molecule has 1 aliphatic rings. The van der Waals surface area contributed by atoms with Gasteiger partial charge in [-0.25, -0.2) is 4.79 Å². The summed E-state index contributed by atoms with van der Waals surface area (Å²) in [4.78, 5) is 15.2. The molecule has 1 aliphatic heterocycles. The fourth-order valence-electron chi connectivity index (χ4n) is 2.58. The quantitative estimate of drug-likeness (QED) is 0.894. The summed E-state index contributed by atoms with van der Waals surface area (Å²) >= 11 is 0. The van der Waals surface area contributed by atoms with Crippen molar-refractivity contribution in [3.05, 3.63) is 71.8 Å². The first-order valence-electron chi connectivity index (χ1n) is 6.50. The lowest BCUT2D eigenvalue weighted by Gasteiger charge is -2.24. The van der Waals surface area contributed by atoms with E-state index in [0.29, 0.717) is 5.84 Å². The maximum Gasteiger partial charge on any atom is 0.343 e. The third-order valence-corrected chi connectivity index (χ3v) is 3.48. The van der Waals surface area contributed by atoms with Gasteiger partial charge in [-0.15, -0.1) is 0 Å². The van der Waals surface area contributed by atoms with E-state index in [1.165, 1.54) is 0 Å². The predicted octanol–water partition coefficient (Wildman–Crippen LogP) is 2.27. The van der Waals surface area contributed by atoms with Crippen molar-refractivity contribution in [2.45, 2.75) is 12.0 Å². The van der Waals surface area contributed by atoms with Crippen molar-refractivity contribution in [2.75, 3.05) is 0 Å². The molecule has 0 spiro atoms. The Bertz CT molecular complexity index is 598. The van der Waals surface area contributed by atoms with Gasteiger partial charge in [0.2, 0.25) is 0 Å². The number of hydrogen-bond donors (Lipinski definition) is 2. The number of carbonyl (C=O) groups excluding carboxylic acids is 1. The summed E-state index contributed by atoms with van der Waals surface area (Å²) in [5.41, 5.74) is 8.11. The number of nitrogens with two attached hydrogens (primary N) is 1. The van der Waals surface area contributed by atoms with Gasteiger partial charge in [0.05, 0.1) is 6.04 Å². The molecule has 1 atom stereocenters. The van der Waals surface area contributed by atoms with Crippen LogP contribution in [0.5, 0.6) is 0 Å². The van der Waals surface area contributed by atoms with Crippen molar-refractivity contribution in [1.29, 1.82) is 0 Å². The Balaban J connectivity index is 2.06. The maximum atomic E-state index is 11.5. The van der Waals surface area contributed by atoms with Crippen LogP contribution in [-0.2, 0) is 0 Å². The summed E-state index contributed by atoms with van der Waals surface area (Å²) in [6.45, 7) is 0. The highest BCUT2D eigenvalue weighted by atomic mass is 16.2. The van der Waals surface area contributed by atoms with Gasteiger partial charge in [0, 0.05) is 5.92 Å². The average molecular weight is 265 g/mol. The van der Waals surface area contributed by atoms with Crippen LogP contribution in [-0.4, -0.2) is 17.9 Å². The second-order valence-electron chi connectivity index (χ2n) is 4.76. The third-order valence-electron chi connectivity index (χ3n) is 3.48. The minimum Gasteiger partial charge on any atom is -0.385 e. The molecular formula is C16H15N3O. The normalized spacial score (nSPS) is 17.9. The maximum absolute atomic E-state index is 11.5. The molecule has 1 unspecified atom stereocenters. The monoisotopic (exact) mass is 265 g/mol. The number of nitrogens with zero attached hydrogens (tertiary/aromatic N) is 1. The first-order chi connectivity index (χ1) is 9.75. The molecular weight excluding hydrogens is 250 g/mol. The highest BCUT2D eigenvalue weighted by Crippen LogP contribution is 2.29. The van der Waals surface area contributed by atoms with Gasteiger partial charge in [-0.1, -0.05) is 60.7 Å². The van der Waals surface area contributed by atoms with Gasteiger partial charge in [0.25, 0.3) is 0 Å². The summed E-state index contributed by atoms with van der Waals surface area (Å²) in [5, 5.41) is 2.83. The SMILES string of the molecule is NC1=NC(=O)NC1C(c1ccccc1)c1ccccc1. The highest BCUT2D eigenvalue weighted by molar-refractivity contribution is 6.03. The van der Waals surface area contributed by atoms with Crippen LogP contribution in [0.2, 0.25) is 0 Å². The van der Waals surface area contributed by atoms with Crippen molar-refractivity contribution in [3.63, 3.8) is 0 Å². The van der Waals surface area contributed by atoms with E-state index in [1.54, 1.807) is 0 Å². The summed E-state index contributed by atoms with van der Waals surface area (Å²) in [5.74, 6) is 0.306. The van der Waals surface area contributed by atoms with Crippen LogP contribution in [0.3, 0.4) is 0 Å². The number of aliphatic imine (C=N–C) groups is 1. The number of urea groups is 1. The molecule has 0 aromatic heterocycles. The molecule has 20 heavy (non-hydrogen) atoms. The second kappa shape index (κ2) is 5.17. The summed E-state index contributed by atoms with van der Waals surface area (Å²) in [6.07, 6.45) is 0. The standard InChI is InChI=1S/C16H15N3O/c17-15-14(18-16(20)19-15)13(11-7-3-1-4-8-11)12-9-5-2-6-10-12/h1-10,13-14H,(H3,17,18,19,20). The van der Waals surface area contributed by atoms with E-state index in [1.807, 2.05) is 60.7 Å². The van der Waals surface area contributed by atoms with E-state index in [2.05, 4.69) is 10.3 Å². The molecule has 3 rings (SSSR count). The Labute approximate surface area is 117 Å². The van der Waals surface area contributed by atoms with Gasteiger partial charge in [-0.3, -0.25) is 0 Å². The molecule has 3 N–H and O–H groups in total. The van der Waals surface area contributed by atoms with E-state index in [-0.39, 0.29) is 18.0 Å². The number of amides is 2. The molecule has 100 valence electrons. The minimum atomic E-state index is -0.371. The van der Waals surface area contributed by atoms with Crippen molar-refractivity contribution < 1.29 is 4.79 Å². The molecule has 0 radical (unpaired) electrons. The molecule has 0 fully saturated rings. The first kappa shape index (κ1) is 12.4. The Morgan fingerprint density at radius 2 is 1.45 bits per heavy atom. The summed E-state index contributed by atoms with van der Waals surface area (Å²) in [7, 11) is 0. The van der Waals surface area contributed by atoms with Crippen LogP contribution >= 0.6 is 0 Å². The molecule has 0 saturated carbocycles. The second-order valence-corrected chi connectivity index (χ2v) is 4.76. The molecule has 0 aliphatic carbocycles. The number of carbonyl (C=O) groups is 1. The van der Waals surface area contributed by atoms with Crippen molar-refractivity contribution in [2.24, 2.45) is 10.7 Å².